The summed E-state index contributed by atoms with van der Waals surface area (Å²) < 4.78 is 2.72. The van der Waals surface area contributed by atoms with Gasteiger partial charge in [0.05, 0.1) is 28.1 Å². The van der Waals surface area contributed by atoms with Gasteiger partial charge in [-0.3, -0.25) is 9.59 Å². The maximum atomic E-state index is 13.0. The molecule has 1 atom stereocenters. The van der Waals surface area contributed by atoms with Crippen LogP contribution in [0.15, 0.2) is 58.7 Å². The number of aromatic nitrogens is 3. The molecule has 0 fully saturated rings. The second-order valence-electron chi connectivity index (χ2n) is 9.13. The molecule has 1 heterocycles. The van der Waals surface area contributed by atoms with E-state index in [0.717, 1.165) is 21.3 Å². The SMILES string of the molecule is C=CCn1c(SCC(=O)Nc2cc(C)c(C)cc2Br)nnc1[C@H](CC(C)C)NC(=O)c1ccccc1Cl. The lowest BCUT2D eigenvalue weighted by molar-refractivity contribution is -0.113. The number of carbonyl (C=O) groups is 2. The molecule has 0 aliphatic heterocycles. The van der Waals surface area contributed by atoms with Crippen LogP contribution < -0.4 is 10.6 Å². The smallest absolute Gasteiger partial charge is 0.253 e. The van der Waals surface area contributed by atoms with Gasteiger partial charge in [0.1, 0.15) is 0 Å². The van der Waals surface area contributed by atoms with E-state index in [2.05, 4.69) is 57.2 Å². The third-order valence-electron chi connectivity index (χ3n) is 5.69. The number of anilines is 1. The maximum Gasteiger partial charge on any atom is 0.253 e. The van der Waals surface area contributed by atoms with Crippen molar-refractivity contribution >= 4 is 56.8 Å². The molecule has 2 N–H and O–H groups in total. The van der Waals surface area contributed by atoms with Crippen LogP contribution in [-0.4, -0.2) is 32.3 Å². The number of allylic oxidation sites excluding steroid dienone is 1. The van der Waals surface area contributed by atoms with Gasteiger partial charge in [-0.15, -0.1) is 16.8 Å². The summed E-state index contributed by atoms with van der Waals surface area (Å²) in [5.41, 5.74) is 3.36. The normalized spacial score (nSPS) is 11.9. The molecule has 2 aromatic carbocycles. The second kappa shape index (κ2) is 13.3. The fraction of sp³-hybridized carbons (Fsp3) is 0.333. The van der Waals surface area contributed by atoms with E-state index in [0.29, 0.717) is 34.5 Å². The van der Waals surface area contributed by atoms with Crippen molar-refractivity contribution in [1.82, 2.24) is 20.1 Å². The first-order valence-corrected chi connectivity index (χ1v) is 14.0. The lowest BCUT2D eigenvalue weighted by Crippen LogP contribution is -2.32. The summed E-state index contributed by atoms with van der Waals surface area (Å²) in [5.74, 6) is 0.596. The van der Waals surface area contributed by atoms with Crippen molar-refractivity contribution in [3.05, 3.63) is 81.1 Å². The van der Waals surface area contributed by atoms with Crippen molar-refractivity contribution in [3.63, 3.8) is 0 Å². The molecule has 0 saturated heterocycles. The Morgan fingerprint density at radius 2 is 1.89 bits per heavy atom. The lowest BCUT2D eigenvalue weighted by atomic mass is 10.0. The van der Waals surface area contributed by atoms with Gasteiger partial charge in [-0.2, -0.15) is 0 Å². The number of thioether (sulfide) groups is 1. The first-order valence-electron chi connectivity index (χ1n) is 11.9. The third kappa shape index (κ3) is 7.69. The molecule has 0 aliphatic carbocycles. The summed E-state index contributed by atoms with van der Waals surface area (Å²) in [5, 5.41) is 15.7. The molecule has 0 radical (unpaired) electrons. The first-order chi connectivity index (χ1) is 17.6. The Hall–Kier alpha value is -2.62. The summed E-state index contributed by atoms with van der Waals surface area (Å²) in [6, 6.07) is 10.5. The highest BCUT2D eigenvalue weighted by Crippen LogP contribution is 2.28. The number of nitrogens with zero attached hydrogens (tertiary/aromatic N) is 3. The molecule has 0 aliphatic rings. The van der Waals surface area contributed by atoms with Gasteiger partial charge in [-0.25, -0.2) is 0 Å². The summed E-state index contributed by atoms with van der Waals surface area (Å²) in [6.45, 7) is 12.5. The fourth-order valence-corrected chi connectivity index (χ4v) is 5.27. The molecule has 2 amide bonds. The van der Waals surface area contributed by atoms with Crippen molar-refractivity contribution in [2.45, 2.75) is 51.9 Å². The van der Waals surface area contributed by atoms with E-state index in [-0.39, 0.29) is 23.5 Å². The Balaban J connectivity index is 1.79. The minimum atomic E-state index is -0.397. The molecule has 0 spiro atoms. The Labute approximate surface area is 235 Å². The maximum absolute atomic E-state index is 13.0. The summed E-state index contributed by atoms with van der Waals surface area (Å²) in [6.07, 6.45) is 2.39. The zero-order chi connectivity index (χ0) is 27.1. The topological polar surface area (TPSA) is 88.9 Å². The Kier molecular flexibility index (Phi) is 10.4. The molecule has 196 valence electrons. The van der Waals surface area contributed by atoms with Gasteiger partial charge < -0.3 is 15.2 Å². The van der Waals surface area contributed by atoms with Crippen LogP contribution in [-0.2, 0) is 11.3 Å². The molecular formula is C27H31BrClN5O2S. The van der Waals surface area contributed by atoms with Gasteiger partial charge in [-0.1, -0.05) is 55.4 Å². The standard InChI is InChI=1S/C27H31BrClN5O2S/c1-6-11-34-25(23(12-16(2)3)31-26(36)19-9-7-8-10-21(19)29)32-33-27(34)37-15-24(35)30-22-14-18(5)17(4)13-20(22)28/h6-10,13-14,16,23H,1,11-12,15H2,2-5H3,(H,30,35)(H,31,36)/t23-/m0/s1. The number of rotatable bonds is 11. The number of halogens is 2. The molecular weight excluding hydrogens is 574 g/mol. The number of aryl methyl sites for hydroxylation is 2. The monoisotopic (exact) mass is 603 g/mol. The molecule has 0 unspecified atom stereocenters. The van der Waals surface area contributed by atoms with Crippen molar-refractivity contribution in [3.8, 4) is 0 Å². The minimum Gasteiger partial charge on any atom is -0.342 e. The number of benzene rings is 2. The van der Waals surface area contributed by atoms with Crippen LogP contribution >= 0.6 is 39.3 Å². The molecule has 37 heavy (non-hydrogen) atoms. The lowest BCUT2D eigenvalue weighted by Gasteiger charge is -2.21. The zero-order valence-electron chi connectivity index (χ0n) is 21.3. The van der Waals surface area contributed by atoms with Crippen molar-refractivity contribution in [2.75, 3.05) is 11.1 Å². The van der Waals surface area contributed by atoms with Gasteiger partial charge >= 0.3 is 0 Å². The summed E-state index contributed by atoms with van der Waals surface area (Å²) in [7, 11) is 0. The van der Waals surface area contributed by atoms with Crippen molar-refractivity contribution in [2.24, 2.45) is 5.92 Å². The van der Waals surface area contributed by atoms with Crippen LogP contribution in [0.25, 0.3) is 0 Å². The molecule has 1 aromatic heterocycles. The molecule has 0 saturated carbocycles. The average molecular weight is 605 g/mol. The average Bonchev–Trinajstić information content (AvgIpc) is 3.23. The number of hydrogen-bond donors (Lipinski definition) is 2. The number of carbonyl (C=O) groups excluding carboxylic acids is 2. The molecule has 7 nitrogen and oxygen atoms in total. The second-order valence-corrected chi connectivity index (χ2v) is 11.3. The quantitative estimate of drug-likeness (QED) is 0.187. The van der Waals surface area contributed by atoms with Crippen LogP contribution in [0.5, 0.6) is 0 Å². The van der Waals surface area contributed by atoms with Crippen molar-refractivity contribution < 1.29 is 9.59 Å². The van der Waals surface area contributed by atoms with Crippen LogP contribution in [0.3, 0.4) is 0 Å². The van der Waals surface area contributed by atoms with Crippen LogP contribution in [0.2, 0.25) is 5.02 Å². The molecule has 3 rings (SSSR count). The highest BCUT2D eigenvalue weighted by Gasteiger charge is 2.25. The summed E-state index contributed by atoms with van der Waals surface area (Å²) >= 11 is 11.0. The highest BCUT2D eigenvalue weighted by molar-refractivity contribution is 9.10. The van der Waals surface area contributed by atoms with Gasteiger partial charge in [0.25, 0.3) is 5.91 Å². The highest BCUT2D eigenvalue weighted by atomic mass is 79.9. The van der Waals surface area contributed by atoms with Gasteiger partial charge in [-0.05, 0) is 77.5 Å². The number of nitrogens with one attached hydrogen (secondary N) is 2. The van der Waals surface area contributed by atoms with Gasteiger partial charge in [0, 0.05) is 11.0 Å². The van der Waals surface area contributed by atoms with Crippen LogP contribution in [0.1, 0.15) is 53.6 Å². The van der Waals surface area contributed by atoms with E-state index >= 15 is 0 Å². The Morgan fingerprint density at radius 1 is 1.19 bits per heavy atom. The predicted octanol–water partition coefficient (Wildman–Crippen LogP) is 6.74. The Morgan fingerprint density at radius 3 is 2.57 bits per heavy atom. The van der Waals surface area contributed by atoms with E-state index in [1.807, 2.05) is 30.5 Å². The molecule has 0 bridgehead atoms. The zero-order valence-corrected chi connectivity index (χ0v) is 24.5. The van der Waals surface area contributed by atoms with Crippen LogP contribution in [0, 0.1) is 19.8 Å². The van der Waals surface area contributed by atoms with Gasteiger partial charge in [0.2, 0.25) is 5.91 Å². The summed E-state index contributed by atoms with van der Waals surface area (Å²) in [4.78, 5) is 25.8. The molecule has 3 aromatic rings. The third-order valence-corrected chi connectivity index (χ3v) is 7.64. The van der Waals surface area contributed by atoms with E-state index in [4.69, 9.17) is 11.6 Å². The van der Waals surface area contributed by atoms with E-state index in [1.165, 1.54) is 11.8 Å². The first kappa shape index (κ1) is 28.9. The molecule has 10 heteroatoms. The van der Waals surface area contributed by atoms with E-state index < -0.39 is 6.04 Å². The number of amides is 2. The van der Waals surface area contributed by atoms with E-state index in [1.54, 1.807) is 30.3 Å². The van der Waals surface area contributed by atoms with Crippen LogP contribution in [0.4, 0.5) is 5.69 Å². The fourth-order valence-electron chi connectivity index (χ4n) is 3.74. The Bertz CT molecular complexity index is 1290. The minimum absolute atomic E-state index is 0.148. The van der Waals surface area contributed by atoms with E-state index in [9.17, 15) is 9.59 Å². The van der Waals surface area contributed by atoms with Crippen molar-refractivity contribution in [1.29, 1.82) is 0 Å². The van der Waals surface area contributed by atoms with Gasteiger partial charge in [0.15, 0.2) is 11.0 Å². The number of hydrogen-bond acceptors (Lipinski definition) is 5. The predicted molar refractivity (Wildman–Crippen MR) is 154 cm³/mol. The largest absolute Gasteiger partial charge is 0.342 e.